The first kappa shape index (κ1) is 39.1. The number of carbonyl (C=O) groups is 7. The Morgan fingerprint density at radius 3 is 2.23 bits per heavy atom. The topological polar surface area (TPSA) is 393 Å². The van der Waals surface area contributed by atoms with Gasteiger partial charge in [0.15, 0.2) is 12.2 Å². The molecule has 1 unspecified atom stereocenters. The van der Waals surface area contributed by atoms with Gasteiger partial charge in [0.05, 0.1) is 19.3 Å². The predicted octanol–water partition coefficient (Wildman–Crippen LogP) is -8.88. The van der Waals surface area contributed by atoms with E-state index in [1.54, 1.807) is 0 Å². The zero-order valence-corrected chi connectivity index (χ0v) is 25.7. The van der Waals surface area contributed by atoms with Crippen molar-refractivity contribution in [2.75, 3.05) is 26.3 Å². The van der Waals surface area contributed by atoms with Crippen molar-refractivity contribution in [1.29, 1.82) is 0 Å². The summed E-state index contributed by atoms with van der Waals surface area (Å²) in [6, 6.07) is -9.66. The summed E-state index contributed by atoms with van der Waals surface area (Å²) in [5.74, 6) is -6.65. The molecule has 0 radical (unpaired) electrons. The number of nitrogens with zero attached hydrogens (tertiary/aromatic N) is 1. The first-order chi connectivity index (χ1) is 22.7. The number of aliphatic hydroxyl groups excluding tert-OH is 3. The molecule has 0 aromatic heterocycles. The van der Waals surface area contributed by atoms with Crippen LogP contribution in [0.25, 0.3) is 0 Å². The van der Waals surface area contributed by atoms with Gasteiger partial charge in [-0.15, -0.1) is 0 Å². The van der Waals surface area contributed by atoms with Crippen LogP contribution < -0.4 is 65.5 Å². The summed E-state index contributed by atoms with van der Waals surface area (Å²) in [6.45, 7) is -2.36. The Kier molecular flexibility index (Phi) is 15.4. The van der Waals surface area contributed by atoms with Gasteiger partial charge in [-0.05, 0) is 19.4 Å². The van der Waals surface area contributed by atoms with Crippen LogP contribution in [-0.4, -0.2) is 132 Å². The van der Waals surface area contributed by atoms with Crippen LogP contribution in [0.5, 0.6) is 0 Å². The molecule has 0 aliphatic carbocycles. The maximum atomic E-state index is 13.6. The minimum Gasteiger partial charge on any atom is -0.394 e. The van der Waals surface area contributed by atoms with Crippen molar-refractivity contribution in [1.82, 2.24) is 42.5 Å². The second kappa shape index (κ2) is 18.9. The minimum atomic E-state index is -1.78. The first-order valence-electron chi connectivity index (χ1n) is 14.7. The third-order valence-corrected chi connectivity index (χ3v) is 6.91. The van der Waals surface area contributed by atoms with E-state index in [4.69, 9.17) is 22.9 Å². The summed E-state index contributed by atoms with van der Waals surface area (Å²) in [6.07, 6.45) is -0.339. The number of aliphatic imine (C=N–C) groups is 1. The van der Waals surface area contributed by atoms with Crippen LogP contribution in [-0.2, 0) is 28.8 Å². The average Bonchev–Trinajstić information content (AvgIpc) is 3.02. The minimum absolute atomic E-state index is 0.245. The van der Waals surface area contributed by atoms with Crippen LogP contribution in [0.1, 0.15) is 25.7 Å². The number of aliphatic hydroxyl groups is 3. The van der Waals surface area contributed by atoms with Crippen molar-refractivity contribution in [3.05, 3.63) is 11.9 Å². The highest BCUT2D eigenvalue weighted by Crippen LogP contribution is 2.11. The number of hydrogen-bond donors (Lipinski definition) is 15. The third kappa shape index (κ3) is 12.3. The molecule has 0 saturated carbocycles. The Morgan fingerprint density at radius 2 is 1.62 bits per heavy atom. The molecule has 0 spiro atoms. The highest BCUT2D eigenvalue weighted by molar-refractivity contribution is 6.02. The molecule has 0 aromatic rings. The van der Waals surface area contributed by atoms with Crippen molar-refractivity contribution in [2.45, 2.75) is 68.2 Å². The molecule has 1 saturated heterocycles. The van der Waals surface area contributed by atoms with Crippen molar-refractivity contribution in [3.63, 3.8) is 0 Å². The number of primary amides is 1. The Labute approximate surface area is 273 Å². The summed E-state index contributed by atoms with van der Waals surface area (Å²) in [5, 5.41) is 47.9. The molecule has 2 rings (SSSR count). The van der Waals surface area contributed by atoms with Gasteiger partial charge in [-0.25, -0.2) is 9.79 Å². The fourth-order valence-corrected chi connectivity index (χ4v) is 4.46. The molecule has 23 nitrogen and oxygen atoms in total. The quantitative estimate of drug-likeness (QED) is 0.0950. The Morgan fingerprint density at radius 1 is 0.979 bits per heavy atom. The average molecular weight is 686 g/mol. The lowest BCUT2D eigenvalue weighted by atomic mass is 10.0. The van der Waals surface area contributed by atoms with Crippen LogP contribution in [0.15, 0.2) is 16.9 Å². The van der Waals surface area contributed by atoms with Crippen molar-refractivity contribution in [2.24, 2.45) is 27.9 Å². The van der Waals surface area contributed by atoms with Gasteiger partial charge in [-0.3, -0.25) is 28.8 Å². The van der Waals surface area contributed by atoms with E-state index in [0.717, 1.165) is 0 Å². The second-order valence-electron chi connectivity index (χ2n) is 10.7. The van der Waals surface area contributed by atoms with E-state index in [2.05, 4.69) is 42.2 Å². The predicted molar refractivity (Wildman–Crippen MR) is 164 cm³/mol. The van der Waals surface area contributed by atoms with Crippen LogP contribution >= 0.6 is 0 Å². The monoisotopic (exact) mass is 685 g/mol. The van der Waals surface area contributed by atoms with Gasteiger partial charge in [-0.1, -0.05) is 0 Å². The van der Waals surface area contributed by atoms with Gasteiger partial charge in [-0.2, -0.15) is 0 Å². The molecule has 268 valence electrons. The molecule has 23 heteroatoms. The fourth-order valence-electron chi connectivity index (χ4n) is 4.46. The van der Waals surface area contributed by atoms with Gasteiger partial charge >= 0.3 is 6.03 Å². The molecule has 1 fully saturated rings. The van der Waals surface area contributed by atoms with Gasteiger partial charge in [0.1, 0.15) is 29.9 Å². The number of carbonyl (C=O) groups excluding carboxylic acids is 7. The van der Waals surface area contributed by atoms with Crippen LogP contribution in [0.4, 0.5) is 4.79 Å². The van der Waals surface area contributed by atoms with E-state index in [0.29, 0.717) is 25.6 Å². The van der Waals surface area contributed by atoms with Crippen molar-refractivity contribution in [3.8, 4) is 0 Å². The Hall–Kier alpha value is -5.10. The largest absolute Gasteiger partial charge is 0.394 e. The molecule has 0 bridgehead atoms. The molecule has 8 amide bonds. The van der Waals surface area contributed by atoms with E-state index < -0.39 is 109 Å². The number of nitrogens with one attached hydrogen (secondary N) is 8. The molecule has 2 heterocycles. The zero-order valence-electron chi connectivity index (χ0n) is 25.7. The van der Waals surface area contributed by atoms with Gasteiger partial charge in [0.25, 0.3) is 5.91 Å². The molecule has 2 aliphatic heterocycles. The lowest BCUT2D eigenvalue weighted by molar-refractivity contribution is -0.135. The molecule has 0 aromatic carbocycles. The molecule has 48 heavy (non-hydrogen) atoms. The molecule has 19 N–H and O–H groups in total. The summed E-state index contributed by atoms with van der Waals surface area (Å²) >= 11 is 0. The molecular formula is C25H43N13O10. The van der Waals surface area contributed by atoms with Gasteiger partial charge in [0, 0.05) is 31.6 Å². The summed E-state index contributed by atoms with van der Waals surface area (Å²) in [4.78, 5) is 94.0. The van der Waals surface area contributed by atoms with Crippen molar-refractivity contribution < 1.29 is 48.9 Å². The number of urea groups is 1. The lowest BCUT2D eigenvalue weighted by Crippen LogP contribution is -2.64. The number of rotatable bonds is 10. The molecule has 2 aliphatic rings. The first-order valence-corrected chi connectivity index (χ1v) is 14.7. The Bertz CT molecular complexity index is 1280. The van der Waals surface area contributed by atoms with Crippen LogP contribution in [0.2, 0.25) is 0 Å². The molecular weight excluding hydrogens is 642 g/mol. The van der Waals surface area contributed by atoms with Gasteiger partial charge in [0.2, 0.25) is 29.5 Å². The van der Waals surface area contributed by atoms with Gasteiger partial charge < -0.3 is 80.8 Å². The smallest absolute Gasteiger partial charge is 0.316 e. The van der Waals surface area contributed by atoms with Crippen LogP contribution in [0, 0.1) is 0 Å². The third-order valence-electron chi connectivity index (χ3n) is 6.91. The normalized spacial score (nSPS) is 27.6. The number of hydrogen-bond acceptors (Lipinski definition) is 15. The number of guanidine groups is 1. The van der Waals surface area contributed by atoms with E-state index >= 15 is 0 Å². The van der Waals surface area contributed by atoms with E-state index in [9.17, 15) is 48.9 Å². The zero-order chi connectivity index (χ0) is 36.0. The summed E-state index contributed by atoms with van der Waals surface area (Å²) < 4.78 is 0. The highest BCUT2D eigenvalue weighted by Gasteiger charge is 2.37. The summed E-state index contributed by atoms with van der Waals surface area (Å²) in [7, 11) is 0. The number of amides is 8. The number of nitrogens with two attached hydrogens (primary N) is 4. The highest BCUT2D eigenvalue weighted by atomic mass is 16.3. The SMILES string of the molecule is NCCC[C@H](N)CC(=O)N[C@H]1CNC(=O)[C@H](C2C[C@H](O)N=C(N)N2)NC(=O)/C(=C/NC(N)=O)NC(=O)[C@H](CO)NC(=O)[C@H](CO)NC1=O. The maximum absolute atomic E-state index is 13.6. The van der Waals surface area contributed by atoms with E-state index in [-0.39, 0.29) is 18.8 Å². The Balaban J connectivity index is 2.54. The maximum Gasteiger partial charge on any atom is 0.316 e. The lowest BCUT2D eigenvalue weighted by Gasteiger charge is -2.33. The molecule has 7 atom stereocenters. The van der Waals surface area contributed by atoms with Crippen LogP contribution in [0.3, 0.4) is 0 Å². The second-order valence-corrected chi connectivity index (χ2v) is 10.7. The fraction of sp³-hybridized carbons (Fsp3) is 0.600. The van der Waals surface area contributed by atoms with E-state index in [1.165, 1.54) is 0 Å². The summed E-state index contributed by atoms with van der Waals surface area (Å²) in [5.41, 5.74) is 21.5. The van der Waals surface area contributed by atoms with Crippen molar-refractivity contribution >= 4 is 47.4 Å². The standard InChI is InChI=1S/C25H43N13O10/c26-3-1-2-10(27)4-16(41)32-12-6-30-23(47)18(11-5-17(42)37-24(28)36-11)38-20(44)13(7-31-25(29)48)33-21(45)14(8-39)35-22(46)15(9-40)34-19(12)43/h7,10-12,14-15,17-18,39-40,42H,1-6,8-9,26-27H2,(H,30,47)(H,32,41)(H,33,45)(H,34,43)(H,35,46)(H,38,44)(H3,28,36,37)(H3,29,31,48)/b13-7-/t10-,11?,12-,14-,15-,17-,18-/m0/s1. The van der Waals surface area contributed by atoms with E-state index in [1.807, 2.05) is 5.32 Å².